The number of benzene rings is 2. The van der Waals surface area contributed by atoms with Crippen molar-refractivity contribution in [3.05, 3.63) is 90.3 Å². The summed E-state index contributed by atoms with van der Waals surface area (Å²) in [5, 5.41) is 3.07. The van der Waals surface area contributed by atoms with Crippen LogP contribution in [-0.4, -0.2) is 17.4 Å². The second kappa shape index (κ2) is 8.63. The van der Waals surface area contributed by atoms with E-state index in [4.69, 9.17) is 0 Å². The maximum atomic E-state index is 12.3. The number of carbonyl (C=O) groups excluding carboxylic acids is 1. The molecule has 3 aromatic rings. The summed E-state index contributed by atoms with van der Waals surface area (Å²) in [6, 6.07) is 22.8. The number of rotatable bonds is 7. The van der Waals surface area contributed by atoms with Crippen LogP contribution in [0.1, 0.15) is 31.4 Å². The van der Waals surface area contributed by atoms with E-state index in [1.54, 1.807) is 12.4 Å². The first-order valence-electron chi connectivity index (χ1n) is 9.36. The molecule has 0 spiro atoms. The average molecular weight is 358 g/mol. The van der Waals surface area contributed by atoms with Crippen LogP contribution < -0.4 is 5.32 Å². The Morgan fingerprint density at radius 1 is 0.889 bits per heavy atom. The van der Waals surface area contributed by atoms with Crippen molar-refractivity contribution in [1.29, 1.82) is 0 Å². The molecule has 0 aliphatic carbocycles. The number of aromatic nitrogens is 1. The van der Waals surface area contributed by atoms with Crippen molar-refractivity contribution in [1.82, 2.24) is 10.3 Å². The quantitative estimate of drug-likeness (QED) is 0.661. The van der Waals surface area contributed by atoms with E-state index in [0.29, 0.717) is 13.0 Å². The molecule has 0 atom stereocenters. The Balaban J connectivity index is 1.49. The van der Waals surface area contributed by atoms with E-state index in [2.05, 4.69) is 60.5 Å². The van der Waals surface area contributed by atoms with Gasteiger partial charge in [0.05, 0.1) is 0 Å². The van der Waals surface area contributed by atoms with Crippen molar-refractivity contribution < 1.29 is 4.79 Å². The van der Waals surface area contributed by atoms with Crippen LogP contribution in [0.15, 0.2) is 79.1 Å². The number of aryl methyl sites for hydroxylation is 1. The third kappa shape index (κ3) is 5.27. The second-order valence-corrected chi connectivity index (χ2v) is 7.46. The van der Waals surface area contributed by atoms with Crippen molar-refractivity contribution in [3.63, 3.8) is 0 Å². The van der Waals surface area contributed by atoms with Gasteiger partial charge in [-0.1, -0.05) is 68.4 Å². The summed E-state index contributed by atoms with van der Waals surface area (Å²) in [7, 11) is 0. The first kappa shape index (κ1) is 18.8. The van der Waals surface area contributed by atoms with Gasteiger partial charge in [0.15, 0.2) is 0 Å². The monoisotopic (exact) mass is 358 g/mol. The summed E-state index contributed by atoms with van der Waals surface area (Å²) >= 11 is 0. The Hall–Kier alpha value is -2.94. The number of nitrogens with one attached hydrogen (secondary N) is 1. The fourth-order valence-corrected chi connectivity index (χ4v) is 3.07. The lowest BCUT2D eigenvalue weighted by Crippen LogP contribution is -2.36. The molecule has 0 bridgehead atoms. The second-order valence-electron chi connectivity index (χ2n) is 7.46. The minimum Gasteiger partial charge on any atom is -0.355 e. The molecular formula is C24H26N2O. The highest BCUT2D eigenvalue weighted by molar-refractivity contribution is 5.76. The minimum absolute atomic E-state index is 0.0873. The Morgan fingerprint density at radius 2 is 1.52 bits per heavy atom. The van der Waals surface area contributed by atoms with E-state index in [1.807, 2.05) is 30.3 Å². The molecule has 0 aliphatic rings. The molecule has 0 saturated heterocycles. The number of carbonyl (C=O) groups is 1. The highest BCUT2D eigenvalue weighted by Gasteiger charge is 2.21. The Bertz CT molecular complexity index is 856. The van der Waals surface area contributed by atoms with Crippen molar-refractivity contribution in [2.75, 3.05) is 6.54 Å². The number of pyridine rings is 1. The van der Waals surface area contributed by atoms with Crippen LogP contribution in [0.2, 0.25) is 0 Å². The Kier molecular flexibility index (Phi) is 6.02. The van der Waals surface area contributed by atoms with Gasteiger partial charge < -0.3 is 5.32 Å². The summed E-state index contributed by atoms with van der Waals surface area (Å²) in [6.45, 7) is 4.87. The van der Waals surface area contributed by atoms with Crippen LogP contribution in [-0.2, 0) is 16.6 Å². The third-order valence-electron chi connectivity index (χ3n) is 4.89. The van der Waals surface area contributed by atoms with Crippen molar-refractivity contribution in [2.24, 2.45) is 0 Å². The molecule has 3 nitrogen and oxygen atoms in total. The van der Waals surface area contributed by atoms with E-state index in [9.17, 15) is 4.79 Å². The van der Waals surface area contributed by atoms with Crippen molar-refractivity contribution >= 4 is 5.91 Å². The fraction of sp³-hybridized carbons (Fsp3) is 0.250. The smallest absolute Gasteiger partial charge is 0.220 e. The maximum Gasteiger partial charge on any atom is 0.220 e. The Morgan fingerprint density at radius 3 is 2.19 bits per heavy atom. The van der Waals surface area contributed by atoms with Gasteiger partial charge in [-0.25, -0.2) is 0 Å². The molecule has 0 aliphatic heterocycles. The molecule has 0 unspecified atom stereocenters. The minimum atomic E-state index is -0.115. The van der Waals surface area contributed by atoms with E-state index < -0.39 is 0 Å². The zero-order valence-electron chi connectivity index (χ0n) is 16.0. The summed E-state index contributed by atoms with van der Waals surface area (Å²) in [4.78, 5) is 16.3. The molecule has 3 rings (SSSR count). The molecule has 1 aromatic heterocycles. The molecule has 2 aromatic carbocycles. The van der Waals surface area contributed by atoms with Gasteiger partial charge in [0.1, 0.15) is 0 Å². The molecule has 0 fully saturated rings. The molecule has 3 heteroatoms. The summed E-state index contributed by atoms with van der Waals surface area (Å²) in [5.74, 6) is 0.0873. The number of nitrogens with zero attached hydrogens (tertiary/aromatic N) is 1. The molecule has 0 radical (unpaired) electrons. The lowest BCUT2D eigenvalue weighted by Gasteiger charge is -2.25. The molecule has 1 N–H and O–H groups in total. The highest BCUT2D eigenvalue weighted by Crippen LogP contribution is 2.22. The van der Waals surface area contributed by atoms with Gasteiger partial charge in [-0.15, -0.1) is 0 Å². The molecule has 1 amide bonds. The van der Waals surface area contributed by atoms with Gasteiger partial charge in [-0.2, -0.15) is 0 Å². The zero-order chi connectivity index (χ0) is 19.1. The predicted molar refractivity (Wildman–Crippen MR) is 110 cm³/mol. The van der Waals surface area contributed by atoms with Gasteiger partial charge in [0, 0.05) is 30.8 Å². The van der Waals surface area contributed by atoms with Crippen LogP contribution in [0, 0.1) is 0 Å². The Labute approximate surface area is 161 Å². The van der Waals surface area contributed by atoms with Crippen LogP contribution >= 0.6 is 0 Å². The van der Waals surface area contributed by atoms with Gasteiger partial charge in [-0.05, 0) is 40.8 Å². The third-order valence-corrected chi connectivity index (χ3v) is 4.89. The molecule has 0 saturated carbocycles. The van der Waals surface area contributed by atoms with E-state index in [-0.39, 0.29) is 11.3 Å². The normalized spacial score (nSPS) is 11.2. The van der Waals surface area contributed by atoms with E-state index in [1.165, 1.54) is 22.3 Å². The number of hydrogen-bond acceptors (Lipinski definition) is 2. The van der Waals surface area contributed by atoms with Crippen molar-refractivity contribution in [2.45, 2.75) is 32.1 Å². The van der Waals surface area contributed by atoms with Gasteiger partial charge in [0.25, 0.3) is 0 Å². The van der Waals surface area contributed by atoms with Crippen molar-refractivity contribution in [3.8, 4) is 11.1 Å². The standard InChI is InChI=1S/C24H26N2O/c1-24(2,22-14-16-25-17-15-22)18-26-23(27)13-10-19-8-11-21(12-9-19)20-6-4-3-5-7-20/h3-9,11-12,14-17H,10,13,18H2,1-2H3,(H,26,27). The van der Waals surface area contributed by atoms with Crippen LogP contribution in [0.4, 0.5) is 0 Å². The van der Waals surface area contributed by atoms with Crippen LogP contribution in [0.3, 0.4) is 0 Å². The van der Waals surface area contributed by atoms with Gasteiger partial charge >= 0.3 is 0 Å². The highest BCUT2D eigenvalue weighted by atomic mass is 16.1. The van der Waals surface area contributed by atoms with Gasteiger partial charge in [0.2, 0.25) is 5.91 Å². The zero-order valence-corrected chi connectivity index (χ0v) is 16.0. The lowest BCUT2D eigenvalue weighted by atomic mass is 9.85. The summed E-state index contributed by atoms with van der Waals surface area (Å²) in [5.41, 5.74) is 4.64. The largest absolute Gasteiger partial charge is 0.355 e. The molecular weight excluding hydrogens is 332 g/mol. The lowest BCUT2D eigenvalue weighted by molar-refractivity contribution is -0.121. The topological polar surface area (TPSA) is 42.0 Å². The first-order valence-corrected chi connectivity index (χ1v) is 9.36. The molecule has 1 heterocycles. The summed E-state index contributed by atoms with van der Waals surface area (Å²) in [6.07, 6.45) is 4.82. The number of amides is 1. The average Bonchev–Trinajstić information content (AvgIpc) is 2.72. The fourth-order valence-electron chi connectivity index (χ4n) is 3.07. The van der Waals surface area contributed by atoms with E-state index in [0.717, 1.165) is 6.42 Å². The van der Waals surface area contributed by atoms with Crippen LogP contribution in [0.5, 0.6) is 0 Å². The number of hydrogen-bond donors (Lipinski definition) is 1. The van der Waals surface area contributed by atoms with Crippen LogP contribution in [0.25, 0.3) is 11.1 Å². The predicted octanol–water partition coefficient (Wildman–Crippen LogP) is 4.78. The maximum absolute atomic E-state index is 12.3. The first-order chi connectivity index (χ1) is 13.0. The van der Waals surface area contributed by atoms with E-state index >= 15 is 0 Å². The molecule has 27 heavy (non-hydrogen) atoms. The van der Waals surface area contributed by atoms with Gasteiger partial charge in [-0.3, -0.25) is 9.78 Å². The SMILES string of the molecule is CC(C)(CNC(=O)CCc1ccc(-c2ccccc2)cc1)c1ccncc1. The summed E-state index contributed by atoms with van der Waals surface area (Å²) < 4.78 is 0. The molecule has 138 valence electrons.